The molecule has 3 aromatic rings. The van der Waals surface area contributed by atoms with Crippen LogP contribution in [0.25, 0.3) is 11.1 Å². The molecule has 3 rings (SSSR count). The average molecular weight is 516 g/mol. The van der Waals surface area contributed by atoms with E-state index in [1.54, 1.807) is 30.6 Å². The number of aliphatic carboxylic acids is 1. The molecule has 0 fully saturated rings. The maximum absolute atomic E-state index is 13.0. The molecule has 0 aliphatic carbocycles. The van der Waals surface area contributed by atoms with Crippen LogP contribution in [0.4, 0.5) is 0 Å². The Balaban J connectivity index is 1.78. The largest absolute Gasteiger partial charge is 0.586 e. The van der Waals surface area contributed by atoms with Gasteiger partial charge in [-0.05, 0) is 59.4 Å². The predicted octanol–water partition coefficient (Wildman–Crippen LogP) is 4.15. The van der Waals surface area contributed by atoms with Gasteiger partial charge in [0.15, 0.2) is 10.8 Å². The fourth-order valence-corrected chi connectivity index (χ4v) is 5.54. The van der Waals surface area contributed by atoms with Gasteiger partial charge in [0.1, 0.15) is 16.4 Å². The zero-order valence-corrected chi connectivity index (χ0v) is 20.9. The van der Waals surface area contributed by atoms with E-state index in [4.69, 9.17) is 0 Å². The fraction of sp³-hybridized carbons (Fsp3) is 0.208. The molecular formula is C24H25N3O4S3. The molecule has 7 nitrogen and oxygen atoms in total. The molecule has 0 saturated heterocycles. The first kappa shape index (κ1) is 26.1. The molecule has 2 atom stereocenters. The molecule has 0 aliphatic heterocycles. The number of benzene rings is 2. The number of hydrogen-bond donors (Lipinski definition) is 3. The van der Waals surface area contributed by atoms with Crippen molar-refractivity contribution in [2.24, 2.45) is 0 Å². The first-order valence-electron chi connectivity index (χ1n) is 10.4. The van der Waals surface area contributed by atoms with Gasteiger partial charge in [-0.1, -0.05) is 36.4 Å². The van der Waals surface area contributed by atoms with Crippen molar-refractivity contribution in [3.63, 3.8) is 0 Å². The summed E-state index contributed by atoms with van der Waals surface area (Å²) in [6.45, 7) is 0.326. The van der Waals surface area contributed by atoms with E-state index in [1.807, 2.05) is 48.7 Å². The summed E-state index contributed by atoms with van der Waals surface area (Å²) in [6, 6.07) is 17.4. The lowest BCUT2D eigenvalue weighted by Gasteiger charge is -2.17. The van der Waals surface area contributed by atoms with Gasteiger partial charge in [0.05, 0.1) is 11.4 Å². The summed E-state index contributed by atoms with van der Waals surface area (Å²) in [7, 11) is -0.209. The highest BCUT2D eigenvalue weighted by molar-refractivity contribution is 8.71. The molecule has 3 N–H and O–H groups in total. The Bertz CT molecular complexity index is 1090. The number of amides is 1. The number of nitrogens with one attached hydrogen (secondary N) is 2. The van der Waals surface area contributed by atoms with Crippen molar-refractivity contribution in [3.05, 3.63) is 84.2 Å². The highest BCUT2D eigenvalue weighted by atomic mass is 33.1. The van der Waals surface area contributed by atoms with Gasteiger partial charge in [-0.2, -0.15) is 11.8 Å². The Hall–Kier alpha value is -2.50. The van der Waals surface area contributed by atoms with E-state index in [0.717, 1.165) is 26.8 Å². The third-order valence-corrected chi connectivity index (χ3v) is 7.82. The smallest absolute Gasteiger partial charge is 0.326 e. The third-order valence-electron chi connectivity index (χ3n) is 4.83. The summed E-state index contributed by atoms with van der Waals surface area (Å²) in [5.74, 6) is -0.873. The standard InChI is InChI=1S/C24H25N3O4S3/c1-32-13-11-22(24(29)30)27-23(28)20-10-9-17(14-21(20)18-6-3-2-4-7-18)15-26-34(31)33-19-8-5-12-25-16-19/h2-10,12,14,16,22,26H,11,13,15H2,1H3,(H,27,28)(H,29,30)/t22-,34?/m0/s1. The maximum Gasteiger partial charge on any atom is 0.326 e. The van der Waals surface area contributed by atoms with Crippen molar-refractivity contribution >= 4 is 44.8 Å². The topological polar surface area (TPSA) is 114 Å². The quantitative estimate of drug-likeness (QED) is 0.244. The minimum absolute atomic E-state index is 0.326. The van der Waals surface area contributed by atoms with E-state index in [9.17, 15) is 19.2 Å². The number of nitrogens with zero attached hydrogens (tertiary/aromatic N) is 1. The minimum Gasteiger partial charge on any atom is -0.586 e. The predicted molar refractivity (Wildman–Crippen MR) is 139 cm³/mol. The zero-order chi connectivity index (χ0) is 24.3. The highest BCUT2D eigenvalue weighted by Gasteiger charge is 2.22. The van der Waals surface area contributed by atoms with Gasteiger partial charge in [0.25, 0.3) is 5.91 Å². The van der Waals surface area contributed by atoms with Crippen molar-refractivity contribution < 1.29 is 19.2 Å². The van der Waals surface area contributed by atoms with Crippen molar-refractivity contribution in [3.8, 4) is 11.1 Å². The van der Waals surface area contributed by atoms with Crippen LogP contribution in [0.5, 0.6) is 0 Å². The van der Waals surface area contributed by atoms with Gasteiger partial charge in [0.2, 0.25) is 0 Å². The van der Waals surface area contributed by atoms with Crippen LogP contribution >= 0.6 is 22.6 Å². The number of thioether (sulfide) groups is 1. The molecule has 1 aromatic heterocycles. The fourth-order valence-electron chi connectivity index (χ4n) is 3.14. The van der Waals surface area contributed by atoms with Gasteiger partial charge >= 0.3 is 5.97 Å². The number of rotatable bonds is 12. The van der Waals surface area contributed by atoms with E-state index in [1.165, 1.54) is 11.8 Å². The Morgan fingerprint density at radius 3 is 2.62 bits per heavy atom. The van der Waals surface area contributed by atoms with E-state index in [2.05, 4.69) is 15.0 Å². The summed E-state index contributed by atoms with van der Waals surface area (Å²) < 4.78 is 15.4. The molecule has 10 heteroatoms. The monoisotopic (exact) mass is 515 g/mol. The van der Waals surface area contributed by atoms with Crippen LogP contribution in [0.2, 0.25) is 0 Å². The van der Waals surface area contributed by atoms with E-state index in [-0.39, 0.29) is 0 Å². The third kappa shape index (κ3) is 7.78. The van der Waals surface area contributed by atoms with Crippen LogP contribution in [-0.4, -0.2) is 44.6 Å². The van der Waals surface area contributed by atoms with Gasteiger partial charge < -0.3 is 15.0 Å². The van der Waals surface area contributed by atoms with Crippen LogP contribution in [0.1, 0.15) is 22.3 Å². The molecule has 1 amide bonds. The number of pyridine rings is 1. The molecule has 0 bridgehead atoms. The number of carboxylic acids is 1. The van der Waals surface area contributed by atoms with E-state index >= 15 is 0 Å². The number of carbonyl (C=O) groups excluding carboxylic acids is 1. The lowest BCUT2D eigenvalue weighted by atomic mass is 9.96. The lowest BCUT2D eigenvalue weighted by Crippen LogP contribution is -2.41. The summed E-state index contributed by atoms with van der Waals surface area (Å²) in [5, 5.41) is 12.1. The molecule has 0 aliphatic rings. The normalized spacial score (nSPS) is 12.6. The molecule has 34 heavy (non-hydrogen) atoms. The van der Waals surface area contributed by atoms with E-state index in [0.29, 0.717) is 29.8 Å². The summed E-state index contributed by atoms with van der Waals surface area (Å²) >= 11 is 1.53. The molecule has 1 unspecified atom stereocenters. The van der Waals surface area contributed by atoms with Crippen LogP contribution in [0.3, 0.4) is 0 Å². The van der Waals surface area contributed by atoms with Gasteiger partial charge in [0, 0.05) is 18.0 Å². The number of carbonyl (C=O) groups is 2. The number of hydrogen-bond acceptors (Lipinski definition) is 7. The van der Waals surface area contributed by atoms with Crippen LogP contribution in [-0.2, 0) is 21.7 Å². The first-order valence-corrected chi connectivity index (χ1v) is 14.3. The van der Waals surface area contributed by atoms with Crippen molar-refractivity contribution in [1.82, 2.24) is 15.0 Å². The average Bonchev–Trinajstić information content (AvgIpc) is 2.86. The second-order valence-electron chi connectivity index (χ2n) is 7.22. The summed E-state index contributed by atoms with van der Waals surface area (Å²) in [6.07, 6.45) is 5.54. The number of aromatic nitrogens is 1. The van der Waals surface area contributed by atoms with Crippen LogP contribution in [0.15, 0.2) is 78.0 Å². The van der Waals surface area contributed by atoms with Crippen molar-refractivity contribution in [2.45, 2.75) is 23.9 Å². The molecule has 178 valence electrons. The summed E-state index contributed by atoms with van der Waals surface area (Å²) in [4.78, 5) is 29.4. The second-order valence-corrected chi connectivity index (χ2v) is 11.0. The highest BCUT2D eigenvalue weighted by Crippen LogP contribution is 2.27. The summed E-state index contributed by atoms with van der Waals surface area (Å²) in [5.41, 5.74) is 2.73. The van der Waals surface area contributed by atoms with Gasteiger partial charge in [-0.15, -0.1) is 4.72 Å². The Labute approximate surface area is 209 Å². The zero-order valence-electron chi connectivity index (χ0n) is 18.5. The van der Waals surface area contributed by atoms with Crippen LogP contribution < -0.4 is 10.0 Å². The Morgan fingerprint density at radius 2 is 1.94 bits per heavy atom. The second kappa shape index (κ2) is 13.4. The molecule has 0 saturated carbocycles. The molecular weight excluding hydrogens is 490 g/mol. The van der Waals surface area contributed by atoms with Crippen LogP contribution in [0, 0.1) is 0 Å². The van der Waals surface area contributed by atoms with Crippen molar-refractivity contribution in [1.29, 1.82) is 0 Å². The molecule has 0 radical (unpaired) electrons. The minimum atomic E-state index is -1.37. The van der Waals surface area contributed by atoms with Crippen molar-refractivity contribution in [2.75, 3.05) is 12.0 Å². The molecule has 2 aromatic carbocycles. The van der Waals surface area contributed by atoms with E-state index < -0.39 is 28.3 Å². The lowest BCUT2D eigenvalue weighted by molar-refractivity contribution is -0.139. The SMILES string of the molecule is CSCC[C@H](NC(=O)c1ccc(CN[S+]([O-])Sc2cccnc2)cc1-c1ccccc1)C(=O)O. The van der Waals surface area contributed by atoms with Gasteiger partial charge in [-0.3, -0.25) is 9.78 Å². The van der Waals surface area contributed by atoms with Gasteiger partial charge in [-0.25, -0.2) is 4.79 Å². The molecule has 1 heterocycles. The molecule has 0 spiro atoms. The Kier molecular flexibility index (Phi) is 10.3. The maximum atomic E-state index is 13.0. The number of carboxylic acid groups (broad SMARTS) is 1. The first-order chi connectivity index (χ1) is 16.5. The Morgan fingerprint density at radius 1 is 1.15 bits per heavy atom.